The number of hydrogen-bond donors (Lipinski definition) is 1. The Hall–Kier alpha value is -0.820. The molecule has 2 rings (SSSR count). The Kier molecular flexibility index (Phi) is 2.65. The molecule has 0 aliphatic carbocycles. The summed E-state index contributed by atoms with van der Waals surface area (Å²) in [6.45, 7) is 4.55. The highest BCUT2D eigenvalue weighted by Crippen LogP contribution is 2.20. The van der Waals surface area contributed by atoms with E-state index in [1.54, 1.807) is 0 Å². The normalized spacial score (nSPS) is 17.0. The third-order valence-corrected chi connectivity index (χ3v) is 2.77. The van der Waals surface area contributed by atoms with Crippen molar-refractivity contribution in [2.75, 3.05) is 13.1 Å². The molecule has 1 nitrogen and oxygen atoms in total. The minimum absolute atomic E-state index is 0.774. The van der Waals surface area contributed by atoms with Crippen LogP contribution in [0.4, 0.5) is 0 Å². The number of hydrogen-bond acceptors (Lipinski definition) is 1. The fourth-order valence-electron chi connectivity index (χ4n) is 1.77. The molecule has 1 aromatic rings. The second-order valence-electron chi connectivity index (χ2n) is 3.85. The Labute approximate surface area is 80.2 Å². The Morgan fingerprint density at radius 1 is 1.23 bits per heavy atom. The zero-order chi connectivity index (χ0) is 9.10. The van der Waals surface area contributed by atoms with Gasteiger partial charge >= 0.3 is 0 Å². The van der Waals surface area contributed by atoms with E-state index in [1.807, 2.05) is 0 Å². The van der Waals surface area contributed by atoms with Gasteiger partial charge in [0.15, 0.2) is 0 Å². The highest BCUT2D eigenvalue weighted by Gasteiger charge is 2.17. The summed E-state index contributed by atoms with van der Waals surface area (Å²) in [7, 11) is 0. The van der Waals surface area contributed by atoms with Crippen molar-refractivity contribution in [3.8, 4) is 0 Å². The summed E-state index contributed by atoms with van der Waals surface area (Å²) in [4.78, 5) is 0. The van der Waals surface area contributed by atoms with Gasteiger partial charge in [-0.2, -0.15) is 0 Å². The van der Waals surface area contributed by atoms with Crippen LogP contribution in [0.25, 0.3) is 0 Å². The van der Waals surface area contributed by atoms with Gasteiger partial charge in [0, 0.05) is 19.0 Å². The molecule has 1 aliphatic rings. The fourth-order valence-corrected chi connectivity index (χ4v) is 1.77. The highest BCUT2D eigenvalue weighted by atomic mass is 14.9. The van der Waals surface area contributed by atoms with Crippen LogP contribution >= 0.6 is 0 Å². The molecule has 1 saturated heterocycles. The summed E-state index contributed by atoms with van der Waals surface area (Å²) in [5.41, 5.74) is 2.97. The molecular formula is C12H17N. The second kappa shape index (κ2) is 3.93. The molecule has 1 fully saturated rings. The maximum Gasteiger partial charge on any atom is 0.00885 e. The lowest BCUT2D eigenvalue weighted by molar-refractivity contribution is 0.448. The summed E-state index contributed by atoms with van der Waals surface area (Å²) in [6, 6.07) is 9.13. The van der Waals surface area contributed by atoms with Crippen molar-refractivity contribution in [3.05, 3.63) is 35.4 Å². The molecule has 0 atom stereocenters. The van der Waals surface area contributed by atoms with Gasteiger partial charge in [-0.1, -0.05) is 37.6 Å². The molecule has 0 amide bonds. The minimum atomic E-state index is 0.774. The zero-order valence-electron chi connectivity index (χ0n) is 8.22. The fraction of sp³-hybridized carbons (Fsp3) is 0.500. The first-order chi connectivity index (χ1) is 6.40. The average Bonchev–Trinajstić information content (AvgIpc) is 2.06. The number of aryl methyl sites for hydroxylation is 1. The number of benzene rings is 1. The molecule has 0 radical (unpaired) electrons. The molecule has 1 heterocycles. The van der Waals surface area contributed by atoms with Crippen molar-refractivity contribution in [2.24, 2.45) is 0 Å². The standard InChI is InChI=1S/C12H17N/c1-2-3-10-4-6-11(7-5-10)12-8-13-9-12/h4-7,12-13H,2-3,8-9H2,1H3. The van der Waals surface area contributed by atoms with Gasteiger partial charge in [0.25, 0.3) is 0 Å². The quantitative estimate of drug-likeness (QED) is 0.743. The lowest BCUT2D eigenvalue weighted by atomic mass is 9.93. The van der Waals surface area contributed by atoms with E-state index in [2.05, 4.69) is 36.5 Å². The molecule has 0 bridgehead atoms. The maximum atomic E-state index is 3.30. The molecule has 0 saturated carbocycles. The van der Waals surface area contributed by atoms with Crippen molar-refractivity contribution in [2.45, 2.75) is 25.7 Å². The molecular weight excluding hydrogens is 158 g/mol. The molecule has 1 N–H and O–H groups in total. The van der Waals surface area contributed by atoms with E-state index in [-0.39, 0.29) is 0 Å². The minimum Gasteiger partial charge on any atom is -0.315 e. The molecule has 13 heavy (non-hydrogen) atoms. The van der Waals surface area contributed by atoms with Crippen molar-refractivity contribution >= 4 is 0 Å². The van der Waals surface area contributed by atoms with E-state index >= 15 is 0 Å². The Morgan fingerprint density at radius 3 is 2.38 bits per heavy atom. The predicted octanol–water partition coefficient (Wildman–Crippen LogP) is 2.33. The Bertz CT molecular complexity index is 259. The van der Waals surface area contributed by atoms with Crippen LogP contribution in [0.15, 0.2) is 24.3 Å². The summed E-state index contributed by atoms with van der Waals surface area (Å²) in [6.07, 6.45) is 2.45. The van der Waals surface area contributed by atoms with Crippen LogP contribution in [0.5, 0.6) is 0 Å². The monoisotopic (exact) mass is 175 g/mol. The van der Waals surface area contributed by atoms with E-state index in [1.165, 1.54) is 24.0 Å². The number of nitrogens with one attached hydrogen (secondary N) is 1. The zero-order valence-corrected chi connectivity index (χ0v) is 8.22. The van der Waals surface area contributed by atoms with Gasteiger partial charge in [0.2, 0.25) is 0 Å². The summed E-state index contributed by atoms with van der Waals surface area (Å²) in [5, 5.41) is 3.30. The van der Waals surface area contributed by atoms with Crippen LogP contribution < -0.4 is 5.32 Å². The lowest BCUT2D eigenvalue weighted by Crippen LogP contribution is -2.39. The van der Waals surface area contributed by atoms with E-state index < -0.39 is 0 Å². The summed E-state index contributed by atoms with van der Waals surface area (Å²) >= 11 is 0. The van der Waals surface area contributed by atoms with Gasteiger partial charge in [-0.05, 0) is 17.5 Å². The van der Waals surface area contributed by atoms with Crippen LogP contribution in [0.2, 0.25) is 0 Å². The van der Waals surface area contributed by atoms with Crippen LogP contribution in [0.3, 0.4) is 0 Å². The van der Waals surface area contributed by atoms with E-state index in [9.17, 15) is 0 Å². The largest absolute Gasteiger partial charge is 0.315 e. The van der Waals surface area contributed by atoms with Gasteiger partial charge in [0.05, 0.1) is 0 Å². The van der Waals surface area contributed by atoms with E-state index in [0.29, 0.717) is 0 Å². The Balaban J connectivity index is 2.04. The summed E-state index contributed by atoms with van der Waals surface area (Å²) < 4.78 is 0. The molecule has 1 aliphatic heterocycles. The average molecular weight is 175 g/mol. The van der Waals surface area contributed by atoms with Crippen molar-refractivity contribution in [3.63, 3.8) is 0 Å². The third kappa shape index (κ3) is 1.92. The first kappa shape index (κ1) is 8.76. The van der Waals surface area contributed by atoms with E-state index in [0.717, 1.165) is 19.0 Å². The van der Waals surface area contributed by atoms with Crippen LogP contribution in [-0.2, 0) is 6.42 Å². The first-order valence-electron chi connectivity index (χ1n) is 5.19. The van der Waals surface area contributed by atoms with Gasteiger partial charge in [-0.25, -0.2) is 0 Å². The van der Waals surface area contributed by atoms with E-state index in [4.69, 9.17) is 0 Å². The van der Waals surface area contributed by atoms with Crippen molar-refractivity contribution in [1.82, 2.24) is 5.32 Å². The molecule has 0 unspecified atom stereocenters. The molecule has 0 spiro atoms. The van der Waals surface area contributed by atoms with Crippen molar-refractivity contribution in [1.29, 1.82) is 0 Å². The molecule has 1 heteroatoms. The smallest absolute Gasteiger partial charge is 0.00885 e. The predicted molar refractivity (Wildman–Crippen MR) is 56.0 cm³/mol. The summed E-state index contributed by atoms with van der Waals surface area (Å²) in [5.74, 6) is 0.774. The topological polar surface area (TPSA) is 12.0 Å². The third-order valence-electron chi connectivity index (χ3n) is 2.77. The van der Waals surface area contributed by atoms with Crippen molar-refractivity contribution < 1.29 is 0 Å². The first-order valence-corrected chi connectivity index (χ1v) is 5.19. The Morgan fingerprint density at radius 2 is 1.92 bits per heavy atom. The lowest BCUT2D eigenvalue weighted by Gasteiger charge is -2.27. The maximum absolute atomic E-state index is 3.30. The SMILES string of the molecule is CCCc1ccc(C2CNC2)cc1. The van der Waals surface area contributed by atoms with Gasteiger partial charge in [-0.3, -0.25) is 0 Å². The molecule has 0 aromatic heterocycles. The van der Waals surface area contributed by atoms with Gasteiger partial charge in [0.1, 0.15) is 0 Å². The van der Waals surface area contributed by atoms with Crippen LogP contribution in [-0.4, -0.2) is 13.1 Å². The van der Waals surface area contributed by atoms with Crippen LogP contribution in [0, 0.1) is 0 Å². The van der Waals surface area contributed by atoms with Crippen LogP contribution in [0.1, 0.15) is 30.4 Å². The highest BCUT2D eigenvalue weighted by molar-refractivity contribution is 5.27. The van der Waals surface area contributed by atoms with Gasteiger partial charge in [-0.15, -0.1) is 0 Å². The van der Waals surface area contributed by atoms with Gasteiger partial charge < -0.3 is 5.32 Å². The second-order valence-corrected chi connectivity index (χ2v) is 3.85. The molecule has 70 valence electrons. The molecule has 1 aromatic carbocycles. The number of rotatable bonds is 3.